The molecule has 2 N–H and O–H groups in total. The van der Waals surface area contributed by atoms with Crippen molar-refractivity contribution in [3.8, 4) is 0 Å². The van der Waals surface area contributed by atoms with Crippen molar-refractivity contribution < 1.29 is 14.4 Å². The van der Waals surface area contributed by atoms with Gasteiger partial charge in [0.25, 0.3) is 0 Å². The lowest BCUT2D eigenvalue weighted by Crippen LogP contribution is -2.64. The van der Waals surface area contributed by atoms with Crippen LogP contribution < -0.4 is 10.6 Å². The average molecular weight is 252 g/mol. The SMILES string of the molecule is CCC(C)C1(CC=C(C)C)C(=O)NC(=O)NC1=O. The van der Waals surface area contributed by atoms with Crippen molar-refractivity contribution in [2.45, 2.75) is 40.5 Å². The molecular formula is C13H20N2O3. The van der Waals surface area contributed by atoms with Crippen molar-refractivity contribution >= 4 is 17.8 Å². The van der Waals surface area contributed by atoms with E-state index in [4.69, 9.17) is 0 Å². The summed E-state index contributed by atoms with van der Waals surface area (Å²) in [4.78, 5) is 35.4. The molecule has 1 unspecified atom stereocenters. The van der Waals surface area contributed by atoms with Gasteiger partial charge in [0.05, 0.1) is 0 Å². The third-order valence-electron chi connectivity index (χ3n) is 3.55. The van der Waals surface area contributed by atoms with Crippen LogP contribution in [-0.2, 0) is 9.59 Å². The molecule has 5 nitrogen and oxygen atoms in total. The molecule has 4 amide bonds. The minimum Gasteiger partial charge on any atom is -0.277 e. The number of nitrogens with one attached hydrogen (secondary N) is 2. The summed E-state index contributed by atoms with van der Waals surface area (Å²) in [6.07, 6.45) is 2.86. The van der Waals surface area contributed by atoms with Gasteiger partial charge in [0.15, 0.2) is 0 Å². The second-order valence-corrected chi connectivity index (χ2v) is 5.00. The van der Waals surface area contributed by atoms with Crippen LogP contribution in [0.25, 0.3) is 0 Å². The predicted molar refractivity (Wildman–Crippen MR) is 67.6 cm³/mol. The lowest BCUT2D eigenvalue weighted by molar-refractivity contribution is -0.148. The van der Waals surface area contributed by atoms with Crippen LogP contribution in [0.1, 0.15) is 40.5 Å². The zero-order chi connectivity index (χ0) is 13.9. The zero-order valence-electron chi connectivity index (χ0n) is 11.3. The summed E-state index contributed by atoms with van der Waals surface area (Å²) in [6.45, 7) is 7.60. The molecule has 0 spiro atoms. The molecule has 0 aromatic rings. The van der Waals surface area contributed by atoms with Crippen LogP contribution >= 0.6 is 0 Å². The summed E-state index contributed by atoms with van der Waals surface area (Å²) in [5, 5.41) is 4.40. The smallest absolute Gasteiger partial charge is 0.277 e. The summed E-state index contributed by atoms with van der Waals surface area (Å²) in [7, 11) is 0. The van der Waals surface area contributed by atoms with Gasteiger partial charge in [-0.2, -0.15) is 0 Å². The lowest BCUT2D eigenvalue weighted by Gasteiger charge is -2.37. The number of allylic oxidation sites excluding steroid dienone is 2. The summed E-state index contributed by atoms with van der Waals surface area (Å²) < 4.78 is 0. The number of amides is 4. The molecule has 0 aromatic carbocycles. The Labute approximate surface area is 107 Å². The summed E-state index contributed by atoms with van der Waals surface area (Å²) in [6, 6.07) is -0.735. The van der Waals surface area contributed by atoms with Crippen molar-refractivity contribution in [2.24, 2.45) is 11.3 Å². The fraction of sp³-hybridized carbons (Fsp3) is 0.615. The van der Waals surface area contributed by atoms with Crippen molar-refractivity contribution in [1.29, 1.82) is 0 Å². The summed E-state index contributed by atoms with van der Waals surface area (Å²) >= 11 is 0. The highest BCUT2D eigenvalue weighted by molar-refractivity contribution is 6.19. The monoisotopic (exact) mass is 252 g/mol. The first-order chi connectivity index (χ1) is 8.34. The Morgan fingerprint density at radius 3 is 2.11 bits per heavy atom. The highest BCUT2D eigenvalue weighted by Gasteiger charge is 2.52. The fourth-order valence-corrected chi connectivity index (χ4v) is 2.11. The number of hydrogen-bond acceptors (Lipinski definition) is 3. The van der Waals surface area contributed by atoms with E-state index in [9.17, 15) is 14.4 Å². The Hall–Kier alpha value is -1.65. The average Bonchev–Trinajstić information content (AvgIpc) is 2.27. The molecule has 1 fully saturated rings. The first-order valence-electron chi connectivity index (χ1n) is 6.14. The van der Waals surface area contributed by atoms with Crippen molar-refractivity contribution in [3.63, 3.8) is 0 Å². The van der Waals surface area contributed by atoms with Gasteiger partial charge in [0, 0.05) is 0 Å². The fourth-order valence-electron chi connectivity index (χ4n) is 2.11. The van der Waals surface area contributed by atoms with E-state index in [0.29, 0.717) is 12.8 Å². The Morgan fingerprint density at radius 2 is 1.72 bits per heavy atom. The van der Waals surface area contributed by atoms with E-state index in [1.54, 1.807) is 0 Å². The first-order valence-corrected chi connectivity index (χ1v) is 6.14. The molecule has 0 radical (unpaired) electrons. The van der Waals surface area contributed by atoms with Crippen LogP contribution in [0.3, 0.4) is 0 Å². The van der Waals surface area contributed by atoms with E-state index in [1.165, 1.54) is 0 Å². The highest BCUT2D eigenvalue weighted by Crippen LogP contribution is 2.36. The maximum atomic E-state index is 12.1. The van der Waals surface area contributed by atoms with Crippen molar-refractivity contribution in [3.05, 3.63) is 11.6 Å². The van der Waals surface area contributed by atoms with Gasteiger partial charge in [-0.05, 0) is 26.2 Å². The van der Waals surface area contributed by atoms with Crippen molar-refractivity contribution in [1.82, 2.24) is 10.6 Å². The first kappa shape index (κ1) is 14.4. The molecule has 5 heteroatoms. The van der Waals surface area contributed by atoms with E-state index in [0.717, 1.165) is 5.57 Å². The topological polar surface area (TPSA) is 75.3 Å². The maximum Gasteiger partial charge on any atom is 0.328 e. The molecule has 1 aliphatic heterocycles. The zero-order valence-corrected chi connectivity index (χ0v) is 11.3. The van der Waals surface area contributed by atoms with Crippen LogP contribution in [0.5, 0.6) is 0 Å². The molecule has 100 valence electrons. The third kappa shape index (κ3) is 2.44. The number of urea groups is 1. The quantitative estimate of drug-likeness (QED) is 0.591. The van der Waals surface area contributed by atoms with Crippen molar-refractivity contribution in [2.75, 3.05) is 0 Å². The lowest BCUT2D eigenvalue weighted by atomic mass is 9.69. The molecular weight excluding hydrogens is 232 g/mol. The van der Waals surface area contributed by atoms with E-state index in [-0.39, 0.29) is 5.92 Å². The molecule has 0 aliphatic carbocycles. The second kappa shape index (κ2) is 5.33. The molecule has 0 aromatic heterocycles. The number of carbonyl (C=O) groups excluding carboxylic acids is 3. The Morgan fingerprint density at radius 1 is 1.22 bits per heavy atom. The van der Waals surface area contributed by atoms with Gasteiger partial charge in [-0.15, -0.1) is 0 Å². The number of rotatable bonds is 4. The van der Waals surface area contributed by atoms with Crippen LogP contribution in [0, 0.1) is 11.3 Å². The minimum absolute atomic E-state index is 0.138. The maximum absolute atomic E-state index is 12.1. The second-order valence-electron chi connectivity index (χ2n) is 5.00. The molecule has 0 bridgehead atoms. The molecule has 1 heterocycles. The molecule has 1 saturated heterocycles. The summed E-state index contributed by atoms with van der Waals surface area (Å²) in [5.41, 5.74) is -0.143. The number of imide groups is 2. The van der Waals surface area contributed by atoms with Gasteiger partial charge in [-0.3, -0.25) is 20.2 Å². The van der Waals surface area contributed by atoms with E-state index < -0.39 is 23.3 Å². The number of carbonyl (C=O) groups is 3. The van der Waals surface area contributed by atoms with E-state index in [2.05, 4.69) is 10.6 Å². The van der Waals surface area contributed by atoms with E-state index in [1.807, 2.05) is 33.8 Å². The van der Waals surface area contributed by atoms with Gasteiger partial charge in [0.1, 0.15) is 5.41 Å². The Bertz CT molecular complexity index is 388. The number of barbiturate groups is 1. The predicted octanol–water partition coefficient (Wildman–Crippen LogP) is 1.74. The van der Waals surface area contributed by atoms with Crippen LogP contribution in [0.15, 0.2) is 11.6 Å². The van der Waals surface area contributed by atoms with Gasteiger partial charge in [0.2, 0.25) is 11.8 Å². The van der Waals surface area contributed by atoms with Gasteiger partial charge in [-0.25, -0.2) is 4.79 Å². The van der Waals surface area contributed by atoms with Crippen LogP contribution in [0.4, 0.5) is 4.79 Å². The molecule has 0 saturated carbocycles. The standard InChI is InChI=1S/C13H20N2O3/c1-5-9(4)13(7-6-8(2)3)10(16)14-12(18)15-11(13)17/h6,9H,5,7H2,1-4H3,(H2,14,15,16,17,18). The van der Waals surface area contributed by atoms with E-state index >= 15 is 0 Å². The normalized spacial score (nSPS) is 19.9. The molecule has 1 atom stereocenters. The molecule has 1 aliphatic rings. The van der Waals surface area contributed by atoms with Gasteiger partial charge >= 0.3 is 6.03 Å². The largest absolute Gasteiger partial charge is 0.328 e. The van der Waals surface area contributed by atoms with Crippen LogP contribution in [-0.4, -0.2) is 17.8 Å². The Balaban J connectivity index is 3.18. The molecule has 1 rings (SSSR count). The third-order valence-corrected chi connectivity index (χ3v) is 3.55. The van der Waals surface area contributed by atoms with Crippen LogP contribution in [0.2, 0.25) is 0 Å². The highest BCUT2D eigenvalue weighted by atomic mass is 16.2. The van der Waals surface area contributed by atoms with Gasteiger partial charge in [-0.1, -0.05) is 31.9 Å². The molecule has 18 heavy (non-hydrogen) atoms. The minimum atomic E-state index is -1.18. The number of hydrogen-bond donors (Lipinski definition) is 2. The Kier molecular flexibility index (Phi) is 4.27. The van der Waals surface area contributed by atoms with Gasteiger partial charge < -0.3 is 0 Å². The summed E-state index contributed by atoms with van der Waals surface area (Å²) in [5.74, 6) is -1.13.